The molecule has 2 N–H and O–H groups in total. The van der Waals surface area contributed by atoms with E-state index in [0.717, 1.165) is 12.1 Å². The zero-order chi connectivity index (χ0) is 17.9. The molecule has 1 heterocycles. The number of nitriles is 1. The smallest absolute Gasteiger partial charge is 0.368 e. The van der Waals surface area contributed by atoms with E-state index in [2.05, 4.69) is 10.6 Å². The minimum atomic E-state index is -4.48. The number of alkyl halides is 3. The summed E-state index contributed by atoms with van der Waals surface area (Å²) >= 11 is 0. The van der Waals surface area contributed by atoms with E-state index in [9.17, 15) is 18.0 Å². The van der Waals surface area contributed by atoms with Crippen molar-refractivity contribution in [1.82, 2.24) is 10.6 Å². The van der Waals surface area contributed by atoms with Crippen LogP contribution in [0.1, 0.15) is 24.5 Å². The Hall–Kier alpha value is -2.27. The van der Waals surface area contributed by atoms with Crippen LogP contribution in [0.5, 0.6) is 0 Å². The van der Waals surface area contributed by atoms with Crippen molar-refractivity contribution in [3.63, 3.8) is 0 Å². The maximum absolute atomic E-state index is 12.8. The molecule has 1 saturated heterocycles. The number of amides is 1. The van der Waals surface area contributed by atoms with Gasteiger partial charge in [-0.1, -0.05) is 0 Å². The molecule has 1 aliphatic heterocycles. The van der Waals surface area contributed by atoms with Gasteiger partial charge in [0.2, 0.25) is 5.91 Å². The van der Waals surface area contributed by atoms with Gasteiger partial charge in [0.15, 0.2) is 0 Å². The molecule has 130 valence electrons. The van der Waals surface area contributed by atoms with Gasteiger partial charge in [-0.25, -0.2) is 0 Å². The zero-order valence-corrected chi connectivity index (χ0v) is 13.4. The average Bonchev–Trinajstić information content (AvgIpc) is 3.00. The minimum Gasteiger partial charge on any atom is -0.368 e. The highest BCUT2D eigenvalue weighted by Crippen LogP contribution is 2.33. The number of rotatable bonds is 4. The molecule has 8 heteroatoms. The van der Waals surface area contributed by atoms with Crippen molar-refractivity contribution in [3.05, 3.63) is 29.3 Å². The highest BCUT2D eigenvalue weighted by atomic mass is 19.4. The molecule has 24 heavy (non-hydrogen) atoms. The molecule has 1 aromatic carbocycles. The molecule has 0 bridgehead atoms. The standard InChI is InChI=1S/C16H19F3N4O/c1-10(21-2)15(24)22-13-5-6-23(9-13)14-4-3-12(16(17,18)19)7-11(14)8-20/h3-4,7,10,13,21H,5-6,9H2,1-2H3,(H,22,24). The summed E-state index contributed by atoms with van der Waals surface area (Å²) in [5.41, 5.74) is -0.390. The monoisotopic (exact) mass is 340 g/mol. The molecule has 5 nitrogen and oxygen atoms in total. The van der Waals surface area contributed by atoms with Crippen LogP contribution in [-0.2, 0) is 11.0 Å². The molecule has 0 spiro atoms. The molecule has 2 atom stereocenters. The van der Waals surface area contributed by atoms with E-state index in [0.29, 0.717) is 25.2 Å². The van der Waals surface area contributed by atoms with Gasteiger partial charge < -0.3 is 15.5 Å². The summed E-state index contributed by atoms with van der Waals surface area (Å²) in [6.45, 7) is 2.77. The van der Waals surface area contributed by atoms with Crippen LogP contribution in [0.25, 0.3) is 0 Å². The van der Waals surface area contributed by atoms with Crippen molar-refractivity contribution in [2.24, 2.45) is 0 Å². The van der Waals surface area contributed by atoms with E-state index in [-0.39, 0.29) is 23.6 Å². The number of carbonyl (C=O) groups excluding carboxylic acids is 1. The van der Waals surface area contributed by atoms with E-state index in [4.69, 9.17) is 5.26 Å². The van der Waals surface area contributed by atoms with Gasteiger partial charge in [0, 0.05) is 19.1 Å². The van der Waals surface area contributed by atoms with Crippen LogP contribution < -0.4 is 15.5 Å². The lowest BCUT2D eigenvalue weighted by molar-refractivity contribution is -0.137. The zero-order valence-electron chi connectivity index (χ0n) is 13.4. The molecule has 1 amide bonds. The van der Waals surface area contributed by atoms with Crippen LogP contribution in [0.15, 0.2) is 18.2 Å². The molecule has 0 radical (unpaired) electrons. The lowest BCUT2D eigenvalue weighted by atomic mass is 10.1. The van der Waals surface area contributed by atoms with Crippen molar-refractivity contribution in [3.8, 4) is 6.07 Å². The Morgan fingerprint density at radius 1 is 1.46 bits per heavy atom. The second kappa shape index (κ2) is 7.09. The number of anilines is 1. The lowest BCUT2D eigenvalue weighted by Gasteiger charge is -2.21. The van der Waals surface area contributed by atoms with Crippen LogP contribution in [0.2, 0.25) is 0 Å². The fourth-order valence-electron chi connectivity index (χ4n) is 2.63. The highest BCUT2D eigenvalue weighted by molar-refractivity contribution is 5.81. The van der Waals surface area contributed by atoms with Crippen molar-refractivity contribution in [2.45, 2.75) is 31.6 Å². The van der Waals surface area contributed by atoms with Gasteiger partial charge in [0.1, 0.15) is 6.07 Å². The number of benzene rings is 1. The molecule has 0 saturated carbocycles. The summed E-state index contributed by atoms with van der Waals surface area (Å²) in [4.78, 5) is 13.7. The maximum Gasteiger partial charge on any atom is 0.416 e. The Labute approximate surface area is 138 Å². The van der Waals surface area contributed by atoms with E-state index < -0.39 is 11.7 Å². The molecule has 1 aromatic rings. The van der Waals surface area contributed by atoms with Gasteiger partial charge in [-0.2, -0.15) is 18.4 Å². The number of carbonyl (C=O) groups is 1. The predicted octanol–water partition coefficient (Wildman–Crippen LogP) is 1.88. The van der Waals surface area contributed by atoms with E-state index in [1.807, 2.05) is 11.0 Å². The van der Waals surface area contributed by atoms with Crippen molar-refractivity contribution in [1.29, 1.82) is 5.26 Å². The Morgan fingerprint density at radius 3 is 2.75 bits per heavy atom. The molecule has 2 unspecified atom stereocenters. The summed E-state index contributed by atoms with van der Waals surface area (Å²) < 4.78 is 38.3. The molecule has 1 aliphatic rings. The van der Waals surface area contributed by atoms with Gasteiger partial charge in [-0.15, -0.1) is 0 Å². The average molecular weight is 340 g/mol. The fraction of sp³-hybridized carbons (Fsp3) is 0.500. The quantitative estimate of drug-likeness (QED) is 0.878. The predicted molar refractivity (Wildman–Crippen MR) is 83.4 cm³/mol. The van der Waals surface area contributed by atoms with Crippen LogP contribution >= 0.6 is 0 Å². The number of hydrogen-bond acceptors (Lipinski definition) is 4. The second-order valence-electron chi connectivity index (χ2n) is 5.79. The Bertz CT molecular complexity index is 654. The van der Waals surface area contributed by atoms with E-state index >= 15 is 0 Å². The number of nitrogens with one attached hydrogen (secondary N) is 2. The highest BCUT2D eigenvalue weighted by Gasteiger charge is 2.32. The van der Waals surface area contributed by atoms with Crippen LogP contribution in [0, 0.1) is 11.3 Å². The van der Waals surface area contributed by atoms with E-state index in [1.165, 1.54) is 6.07 Å². The third kappa shape index (κ3) is 3.97. The number of nitrogens with zero attached hydrogens (tertiary/aromatic N) is 2. The van der Waals surface area contributed by atoms with Crippen LogP contribution in [0.4, 0.5) is 18.9 Å². The van der Waals surface area contributed by atoms with E-state index in [1.54, 1.807) is 14.0 Å². The summed E-state index contributed by atoms with van der Waals surface area (Å²) in [7, 11) is 1.69. The van der Waals surface area contributed by atoms with Crippen molar-refractivity contribution < 1.29 is 18.0 Å². The molecule has 0 aliphatic carbocycles. The minimum absolute atomic E-state index is 0.0135. The summed E-state index contributed by atoms with van der Waals surface area (Å²) in [5.74, 6) is -0.128. The first-order chi connectivity index (χ1) is 11.3. The molecule has 0 aromatic heterocycles. The first-order valence-electron chi connectivity index (χ1n) is 7.60. The third-order valence-corrected chi connectivity index (χ3v) is 4.15. The summed E-state index contributed by atoms with van der Waals surface area (Å²) in [6, 6.07) is 4.58. The number of hydrogen-bond donors (Lipinski definition) is 2. The second-order valence-corrected chi connectivity index (χ2v) is 5.79. The van der Waals surface area contributed by atoms with Gasteiger partial charge in [0.05, 0.1) is 22.9 Å². The van der Waals surface area contributed by atoms with Gasteiger partial charge in [0.25, 0.3) is 0 Å². The summed E-state index contributed by atoms with van der Waals surface area (Å²) in [5, 5.41) is 14.9. The largest absolute Gasteiger partial charge is 0.416 e. The topological polar surface area (TPSA) is 68.2 Å². The third-order valence-electron chi connectivity index (χ3n) is 4.15. The van der Waals surface area contributed by atoms with Crippen LogP contribution in [0.3, 0.4) is 0 Å². The van der Waals surface area contributed by atoms with Crippen molar-refractivity contribution >= 4 is 11.6 Å². The maximum atomic E-state index is 12.8. The number of likely N-dealkylation sites (N-methyl/N-ethyl adjacent to an activating group) is 1. The SMILES string of the molecule is CNC(C)C(=O)NC1CCN(c2ccc(C(F)(F)F)cc2C#N)C1. The molecular formula is C16H19F3N4O. The van der Waals surface area contributed by atoms with Gasteiger partial charge in [-0.05, 0) is 38.6 Å². The van der Waals surface area contributed by atoms with Crippen molar-refractivity contribution in [2.75, 3.05) is 25.0 Å². The Morgan fingerprint density at radius 2 is 2.17 bits per heavy atom. The lowest BCUT2D eigenvalue weighted by Crippen LogP contribution is -2.46. The number of halogens is 3. The molecule has 2 rings (SSSR count). The fourth-order valence-corrected chi connectivity index (χ4v) is 2.63. The van der Waals surface area contributed by atoms with Gasteiger partial charge >= 0.3 is 6.18 Å². The molecule has 1 fully saturated rings. The first kappa shape index (κ1) is 18.1. The Kier molecular flexibility index (Phi) is 5.34. The first-order valence-corrected chi connectivity index (χ1v) is 7.60. The molecular weight excluding hydrogens is 321 g/mol. The van der Waals surface area contributed by atoms with Gasteiger partial charge in [-0.3, -0.25) is 4.79 Å². The van der Waals surface area contributed by atoms with Crippen LogP contribution in [-0.4, -0.2) is 38.1 Å². The normalized spacial score (nSPS) is 19.0. The summed E-state index contributed by atoms with van der Waals surface area (Å²) in [6.07, 6.45) is -3.80. The Balaban J connectivity index is 2.11.